The molecule has 3 rings (SSSR count). The summed E-state index contributed by atoms with van der Waals surface area (Å²) in [5.74, 6) is 0.668. The van der Waals surface area contributed by atoms with Crippen LogP contribution in [0.3, 0.4) is 0 Å². The Morgan fingerprint density at radius 3 is 2.37 bits per heavy atom. The molecule has 1 saturated heterocycles. The molecule has 0 bridgehead atoms. The third-order valence-electron chi connectivity index (χ3n) is 5.31. The predicted octanol–water partition coefficient (Wildman–Crippen LogP) is 2.69. The van der Waals surface area contributed by atoms with Crippen molar-refractivity contribution in [1.82, 2.24) is 20.2 Å². The highest BCUT2D eigenvalue weighted by Gasteiger charge is 2.37. The Morgan fingerprint density at radius 2 is 1.73 bits per heavy atom. The zero-order valence-corrected chi connectivity index (χ0v) is 18.2. The first-order chi connectivity index (χ1) is 14.3. The summed E-state index contributed by atoms with van der Waals surface area (Å²) >= 11 is 0. The van der Waals surface area contributed by atoms with E-state index >= 15 is 0 Å². The second-order valence-corrected chi connectivity index (χ2v) is 8.80. The number of nitrogens with zero attached hydrogens (tertiary/aromatic N) is 3. The number of ether oxygens (including phenoxy) is 3. The molecular weight excluding hydrogens is 388 g/mol. The van der Waals surface area contributed by atoms with Crippen molar-refractivity contribution in [2.24, 2.45) is 0 Å². The number of nitrogens with one attached hydrogen (secondary N) is 1. The minimum absolute atomic E-state index is 0.00787. The molecule has 1 unspecified atom stereocenters. The summed E-state index contributed by atoms with van der Waals surface area (Å²) < 4.78 is 16.6. The van der Waals surface area contributed by atoms with Crippen LogP contribution < -0.4 is 14.8 Å². The Labute approximate surface area is 177 Å². The van der Waals surface area contributed by atoms with Crippen LogP contribution in [0.2, 0.25) is 0 Å². The van der Waals surface area contributed by atoms with Crippen LogP contribution in [-0.4, -0.2) is 64.3 Å². The van der Waals surface area contributed by atoms with Gasteiger partial charge in [-0.3, -0.25) is 9.69 Å². The highest BCUT2D eigenvalue weighted by Crippen LogP contribution is 2.28. The van der Waals surface area contributed by atoms with E-state index in [0.29, 0.717) is 24.7 Å². The number of hydrogen-bond acceptors (Lipinski definition) is 7. The molecule has 30 heavy (non-hydrogen) atoms. The predicted molar refractivity (Wildman–Crippen MR) is 109 cm³/mol. The summed E-state index contributed by atoms with van der Waals surface area (Å²) in [5, 5.41) is 3.12. The second-order valence-electron chi connectivity index (χ2n) is 8.80. The number of hydrogen-bond donors (Lipinski definition) is 1. The van der Waals surface area contributed by atoms with Crippen molar-refractivity contribution in [2.45, 2.75) is 83.1 Å². The SMILES string of the molecule is COc1nccnc1OC1CCC(NC(=O)C2CCCN2C(=O)OC(C)(C)C)CC1. The number of carbonyl (C=O) groups excluding carboxylic acids is 2. The quantitative estimate of drug-likeness (QED) is 0.781. The summed E-state index contributed by atoms with van der Waals surface area (Å²) in [6.07, 6.45) is 7.38. The molecule has 1 N–H and O–H groups in total. The number of carbonyl (C=O) groups is 2. The Morgan fingerprint density at radius 1 is 1.07 bits per heavy atom. The summed E-state index contributed by atoms with van der Waals surface area (Å²) in [4.78, 5) is 35.1. The lowest BCUT2D eigenvalue weighted by atomic mass is 9.92. The van der Waals surface area contributed by atoms with Gasteiger partial charge in [0.15, 0.2) is 0 Å². The van der Waals surface area contributed by atoms with Gasteiger partial charge in [-0.25, -0.2) is 14.8 Å². The maximum absolute atomic E-state index is 12.8. The molecule has 2 amide bonds. The molecule has 1 aliphatic carbocycles. The van der Waals surface area contributed by atoms with E-state index in [1.165, 1.54) is 7.11 Å². The molecule has 0 aromatic carbocycles. The Hall–Kier alpha value is -2.58. The normalized spacial score (nSPS) is 24.3. The molecule has 0 spiro atoms. The van der Waals surface area contributed by atoms with Crippen molar-refractivity contribution in [3.8, 4) is 11.8 Å². The van der Waals surface area contributed by atoms with Crippen molar-refractivity contribution in [3.05, 3.63) is 12.4 Å². The van der Waals surface area contributed by atoms with Gasteiger partial charge in [-0.1, -0.05) is 0 Å². The number of methoxy groups -OCH3 is 1. The smallest absolute Gasteiger partial charge is 0.410 e. The molecule has 1 saturated carbocycles. The van der Waals surface area contributed by atoms with E-state index in [1.807, 2.05) is 20.8 Å². The summed E-state index contributed by atoms with van der Waals surface area (Å²) in [6.45, 7) is 6.03. The topological polar surface area (TPSA) is 103 Å². The summed E-state index contributed by atoms with van der Waals surface area (Å²) in [7, 11) is 1.53. The van der Waals surface area contributed by atoms with Gasteiger partial charge in [0.05, 0.1) is 7.11 Å². The average molecular weight is 421 g/mol. The van der Waals surface area contributed by atoms with Gasteiger partial charge in [0.1, 0.15) is 17.7 Å². The largest absolute Gasteiger partial charge is 0.477 e. The van der Waals surface area contributed by atoms with E-state index in [0.717, 1.165) is 32.1 Å². The second kappa shape index (κ2) is 9.49. The lowest BCUT2D eigenvalue weighted by molar-refractivity contribution is -0.126. The van der Waals surface area contributed by atoms with Crippen molar-refractivity contribution < 1.29 is 23.8 Å². The van der Waals surface area contributed by atoms with Crippen LogP contribution in [0.1, 0.15) is 59.3 Å². The van der Waals surface area contributed by atoms with Crippen LogP contribution in [0.25, 0.3) is 0 Å². The number of rotatable bonds is 5. The van der Waals surface area contributed by atoms with Gasteiger partial charge in [-0.05, 0) is 59.3 Å². The monoisotopic (exact) mass is 420 g/mol. The van der Waals surface area contributed by atoms with Gasteiger partial charge in [-0.2, -0.15) is 0 Å². The highest BCUT2D eigenvalue weighted by atomic mass is 16.6. The van der Waals surface area contributed by atoms with Gasteiger partial charge in [-0.15, -0.1) is 0 Å². The van der Waals surface area contributed by atoms with E-state index in [4.69, 9.17) is 14.2 Å². The van der Waals surface area contributed by atoms with Crippen LogP contribution in [0.15, 0.2) is 12.4 Å². The van der Waals surface area contributed by atoms with E-state index in [2.05, 4.69) is 15.3 Å². The van der Waals surface area contributed by atoms with E-state index < -0.39 is 17.7 Å². The molecule has 2 aliphatic rings. The van der Waals surface area contributed by atoms with Gasteiger partial charge < -0.3 is 19.5 Å². The standard InChI is InChI=1S/C21H32N4O5/c1-21(2,3)30-20(27)25-13-5-6-16(25)17(26)24-14-7-9-15(10-8-14)29-19-18(28-4)22-11-12-23-19/h11-12,14-16H,5-10,13H2,1-4H3,(H,24,26). The summed E-state index contributed by atoms with van der Waals surface area (Å²) in [6, 6.07) is -0.389. The molecule has 1 aliphatic heterocycles. The van der Waals surface area contributed by atoms with Crippen molar-refractivity contribution >= 4 is 12.0 Å². The van der Waals surface area contributed by atoms with Gasteiger partial charge >= 0.3 is 6.09 Å². The summed E-state index contributed by atoms with van der Waals surface area (Å²) in [5.41, 5.74) is -0.578. The van der Waals surface area contributed by atoms with E-state index in [1.54, 1.807) is 17.3 Å². The van der Waals surface area contributed by atoms with Crippen LogP contribution in [0.5, 0.6) is 11.8 Å². The lowest BCUT2D eigenvalue weighted by Crippen LogP contribution is -2.50. The Bertz CT molecular complexity index is 743. The number of likely N-dealkylation sites (tertiary alicyclic amines) is 1. The fourth-order valence-corrected chi connectivity index (χ4v) is 3.89. The molecule has 2 heterocycles. The Balaban J connectivity index is 1.48. The molecule has 2 fully saturated rings. The molecule has 1 aromatic rings. The van der Waals surface area contributed by atoms with Crippen LogP contribution >= 0.6 is 0 Å². The van der Waals surface area contributed by atoms with Crippen LogP contribution in [0.4, 0.5) is 4.79 Å². The average Bonchev–Trinajstić information content (AvgIpc) is 3.19. The van der Waals surface area contributed by atoms with Crippen LogP contribution in [0, 0.1) is 0 Å². The van der Waals surface area contributed by atoms with Crippen molar-refractivity contribution in [1.29, 1.82) is 0 Å². The molecule has 9 nitrogen and oxygen atoms in total. The fourth-order valence-electron chi connectivity index (χ4n) is 3.89. The fraction of sp³-hybridized carbons (Fsp3) is 0.714. The lowest BCUT2D eigenvalue weighted by Gasteiger charge is -2.32. The molecule has 166 valence electrons. The first-order valence-corrected chi connectivity index (χ1v) is 10.6. The molecule has 1 aromatic heterocycles. The molecule has 9 heteroatoms. The van der Waals surface area contributed by atoms with E-state index in [-0.39, 0.29) is 18.1 Å². The zero-order chi connectivity index (χ0) is 21.7. The number of aromatic nitrogens is 2. The van der Waals surface area contributed by atoms with Gasteiger partial charge in [0.2, 0.25) is 5.91 Å². The first-order valence-electron chi connectivity index (χ1n) is 10.6. The minimum Gasteiger partial charge on any atom is -0.477 e. The maximum Gasteiger partial charge on any atom is 0.410 e. The third kappa shape index (κ3) is 5.73. The van der Waals surface area contributed by atoms with Crippen LogP contribution in [-0.2, 0) is 9.53 Å². The highest BCUT2D eigenvalue weighted by molar-refractivity contribution is 5.86. The third-order valence-corrected chi connectivity index (χ3v) is 5.31. The first kappa shape index (κ1) is 22.1. The minimum atomic E-state index is -0.578. The maximum atomic E-state index is 12.8. The molecule has 1 atom stereocenters. The van der Waals surface area contributed by atoms with Gasteiger partial charge in [0, 0.05) is 25.0 Å². The van der Waals surface area contributed by atoms with Crippen molar-refractivity contribution in [2.75, 3.05) is 13.7 Å². The number of amides is 2. The Kier molecular flexibility index (Phi) is 6.99. The molecule has 0 radical (unpaired) electrons. The van der Waals surface area contributed by atoms with Crippen molar-refractivity contribution in [3.63, 3.8) is 0 Å². The van der Waals surface area contributed by atoms with E-state index in [9.17, 15) is 9.59 Å². The molecular formula is C21H32N4O5. The van der Waals surface area contributed by atoms with Gasteiger partial charge in [0.25, 0.3) is 11.8 Å². The zero-order valence-electron chi connectivity index (χ0n) is 18.2.